The van der Waals surface area contributed by atoms with Crippen LogP contribution >= 0.6 is 22.9 Å². The number of sulfone groups is 1. The number of hydrogen-bond acceptors (Lipinski definition) is 4. The van der Waals surface area contributed by atoms with Gasteiger partial charge in [-0.05, 0) is 12.1 Å². The van der Waals surface area contributed by atoms with Crippen molar-refractivity contribution < 1.29 is 13.2 Å². The molecule has 2 rings (SSSR count). The van der Waals surface area contributed by atoms with Gasteiger partial charge < -0.3 is 4.74 Å². The minimum atomic E-state index is -3.15. The SMILES string of the molecule is O=S(=O)(CC1COC1)c1ccc(Cl)s1. The summed E-state index contributed by atoms with van der Waals surface area (Å²) in [6.07, 6.45) is 0. The Morgan fingerprint density at radius 1 is 1.50 bits per heavy atom. The molecule has 0 radical (unpaired) electrons. The normalized spacial score (nSPS) is 18.1. The van der Waals surface area contributed by atoms with E-state index in [9.17, 15) is 8.42 Å². The lowest BCUT2D eigenvalue weighted by atomic mass is 10.1. The highest BCUT2D eigenvalue weighted by Crippen LogP contribution is 2.28. The standard InChI is InChI=1S/C8H9ClO3S2/c9-7-1-2-8(13-7)14(10,11)5-6-3-12-4-6/h1-2,6H,3-5H2. The van der Waals surface area contributed by atoms with E-state index in [0.717, 1.165) is 11.3 Å². The average molecular weight is 253 g/mol. The van der Waals surface area contributed by atoms with E-state index in [1.807, 2.05) is 0 Å². The van der Waals surface area contributed by atoms with Crippen molar-refractivity contribution in [3.05, 3.63) is 16.5 Å². The maximum Gasteiger partial charge on any atom is 0.188 e. The predicted octanol–water partition coefficient (Wildman–Crippen LogP) is 1.82. The van der Waals surface area contributed by atoms with E-state index in [1.165, 1.54) is 0 Å². The van der Waals surface area contributed by atoms with Crippen molar-refractivity contribution >= 4 is 32.8 Å². The first kappa shape index (κ1) is 10.4. The van der Waals surface area contributed by atoms with E-state index in [4.69, 9.17) is 16.3 Å². The molecule has 3 nitrogen and oxygen atoms in total. The Balaban J connectivity index is 2.15. The molecule has 1 fully saturated rings. The van der Waals surface area contributed by atoms with Crippen molar-refractivity contribution in [2.24, 2.45) is 5.92 Å². The minimum Gasteiger partial charge on any atom is -0.381 e. The lowest BCUT2D eigenvalue weighted by Gasteiger charge is -2.25. The van der Waals surface area contributed by atoms with Gasteiger partial charge in [0, 0.05) is 5.92 Å². The predicted molar refractivity (Wildman–Crippen MR) is 55.7 cm³/mol. The van der Waals surface area contributed by atoms with E-state index in [0.29, 0.717) is 21.8 Å². The van der Waals surface area contributed by atoms with Gasteiger partial charge >= 0.3 is 0 Å². The van der Waals surface area contributed by atoms with Crippen molar-refractivity contribution in [3.8, 4) is 0 Å². The molecule has 0 aliphatic carbocycles. The van der Waals surface area contributed by atoms with Crippen LogP contribution in [0.1, 0.15) is 0 Å². The number of hydrogen-bond donors (Lipinski definition) is 0. The fourth-order valence-electron chi connectivity index (χ4n) is 1.24. The van der Waals surface area contributed by atoms with Crippen LogP contribution in [0.25, 0.3) is 0 Å². The zero-order chi connectivity index (χ0) is 10.2. The molecule has 0 unspecified atom stereocenters. The van der Waals surface area contributed by atoms with Crippen LogP contribution < -0.4 is 0 Å². The van der Waals surface area contributed by atoms with Crippen molar-refractivity contribution in [2.45, 2.75) is 4.21 Å². The first-order valence-electron chi connectivity index (χ1n) is 4.14. The molecule has 1 aliphatic heterocycles. The van der Waals surface area contributed by atoms with E-state index >= 15 is 0 Å². The summed E-state index contributed by atoms with van der Waals surface area (Å²) in [7, 11) is -3.15. The van der Waals surface area contributed by atoms with E-state index in [1.54, 1.807) is 12.1 Å². The zero-order valence-corrected chi connectivity index (χ0v) is 9.66. The van der Waals surface area contributed by atoms with Gasteiger partial charge in [0.05, 0.1) is 23.3 Å². The lowest BCUT2D eigenvalue weighted by Crippen LogP contribution is -2.33. The maximum atomic E-state index is 11.7. The van der Waals surface area contributed by atoms with Crippen LogP contribution in [0.15, 0.2) is 16.3 Å². The van der Waals surface area contributed by atoms with E-state index in [-0.39, 0.29) is 11.7 Å². The van der Waals surface area contributed by atoms with Gasteiger partial charge in [-0.3, -0.25) is 0 Å². The van der Waals surface area contributed by atoms with E-state index in [2.05, 4.69) is 0 Å². The van der Waals surface area contributed by atoms with Gasteiger partial charge in [0.15, 0.2) is 9.84 Å². The molecule has 2 heterocycles. The summed E-state index contributed by atoms with van der Waals surface area (Å²) in [6.45, 7) is 1.11. The van der Waals surface area contributed by atoms with Crippen LogP contribution in [0.2, 0.25) is 4.34 Å². The van der Waals surface area contributed by atoms with Crippen LogP contribution in [-0.2, 0) is 14.6 Å². The summed E-state index contributed by atoms with van der Waals surface area (Å²) < 4.78 is 29.3. The van der Waals surface area contributed by atoms with Gasteiger partial charge in [-0.2, -0.15) is 0 Å². The topological polar surface area (TPSA) is 43.4 Å². The minimum absolute atomic E-state index is 0.154. The van der Waals surface area contributed by atoms with Gasteiger partial charge in [0.2, 0.25) is 0 Å². The monoisotopic (exact) mass is 252 g/mol. The van der Waals surface area contributed by atoms with Crippen LogP contribution in [0.3, 0.4) is 0 Å². The summed E-state index contributed by atoms with van der Waals surface area (Å²) in [5.74, 6) is 0.324. The second-order valence-corrected chi connectivity index (χ2v) is 7.22. The summed E-state index contributed by atoms with van der Waals surface area (Å²) in [5.41, 5.74) is 0. The van der Waals surface area contributed by atoms with Gasteiger partial charge in [0.25, 0.3) is 0 Å². The summed E-state index contributed by atoms with van der Waals surface area (Å²) >= 11 is 6.79. The smallest absolute Gasteiger partial charge is 0.188 e. The Morgan fingerprint density at radius 2 is 2.21 bits per heavy atom. The molecular formula is C8H9ClO3S2. The first-order chi connectivity index (χ1) is 6.58. The molecule has 14 heavy (non-hydrogen) atoms. The molecule has 1 aliphatic rings. The molecule has 6 heteroatoms. The highest BCUT2D eigenvalue weighted by atomic mass is 35.5. The average Bonchev–Trinajstić information content (AvgIpc) is 2.45. The van der Waals surface area contributed by atoms with Gasteiger partial charge in [-0.1, -0.05) is 11.6 Å². The van der Waals surface area contributed by atoms with Crippen molar-refractivity contribution in [1.29, 1.82) is 0 Å². The first-order valence-corrected chi connectivity index (χ1v) is 6.98. The molecule has 0 aromatic carbocycles. The highest BCUT2D eigenvalue weighted by Gasteiger charge is 2.27. The Bertz CT molecular complexity index is 420. The molecule has 1 aromatic heterocycles. The number of ether oxygens (including phenoxy) is 1. The lowest BCUT2D eigenvalue weighted by molar-refractivity contribution is -0.0204. The molecule has 1 aromatic rings. The van der Waals surface area contributed by atoms with E-state index < -0.39 is 9.84 Å². The highest BCUT2D eigenvalue weighted by molar-refractivity contribution is 7.93. The molecule has 0 N–H and O–H groups in total. The maximum absolute atomic E-state index is 11.7. The third kappa shape index (κ3) is 2.11. The van der Waals surface area contributed by atoms with Crippen LogP contribution in [-0.4, -0.2) is 27.4 Å². The Morgan fingerprint density at radius 3 is 2.64 bits per heavy atom. The summed E-state index contributed by atoms with van der Waals surface area (Å²) in [5, 5.41) is 0. The fraction of sp³-hybridized carbons (Fsp3) is 0.500. The van der Waals surface area contributed by atoms with Gasteiger partial charge in [-0.15, -0.1) is 11.3 Å². The summed E-state index contributed by atoms with van der Waals surface area (Å²) in [6, 6.07) is 3.16. The molecule has 78 valence electrons. The van der Waals surface area contributed by atoms with Crippen LogP contribution in [0, 0.1) is 5.92 Å². The second-order valence-electron chi connectivity index (χ2n) is 3.24. The largest absolute Gasteiger partial charge is 0.381 e. The Hall–Kier alpha value is -0.100. The van der Waals surface area contributed by atoms with Crippen LogP contribution in [0.5, 0.6) is 0 Å². The third-order valence-corrected chi connectivity index (χ3v) is 5.71. The molecule has 0 spiro atoms. The Labute approximate surface area is 91.6 Å². The number of thiophene rings is 1. The number of halogens is 1. The molecule has 0 amide bonds. The van der Waals surface area contributed by atoms with Crippen molar-refractivity contribution in [1.82, 2.24) is 0 Å². The molecular weight excluding hydrogens is 244 g/mol. The quantitative estimate of drug-likeness (QED) is 0.824. The molecule has 0 bridgehead atoms. The number of rotatable bonds is 3. The fourth-order valence-corrected chi connectivity index (χ4v) is 4.39. The van der Waals surface area contributed by atoms with Gasteiger partial charge in [0.1, 0.15) is 4.21 Å². The van der Waals surface area contributed by atoms with Crippen molar-refractivity contribution in [2.75, 3.05) is 19.0 Å². The second kappa shape index (κ2) is 3.81. The third-order valence-electron chi connectivity index (χ3n) is 2.02. The van der Waals surface area contributed by atoms with Gasteiger partial charge in [-0.25, -0.2) is 8.42 Å². The Kier molecular flexibility index (Phi) is 2.83. The zero-order valence-electron chi connectivity index (χ0n) is 7.27. The molecule has 1 saturated heterocycles. The molecule has 0 saturated carbocycles. The van der Waals surface area contributed by atoms with Crippen LogP contribution in [0.4, 0.5) is 0 Å². The van der Waals surface area contributed by atoms with Crippen molar-refractivity contribution in [3.63, 3.8) is 0 Å². The summed E-state index contributed by atoms with van der Waals surface area (Å²) in [4.78, 5) is 0. The molecule has 0 atom stereocenters.